The first-order chi connectivity index (χ1) is 14.5. The molecule has 31 heavy (non-hydrogen) atoms. The lowest BCUT2D eigenvalue weighted by Crippen LogP contribution is -2.39. The average molecular weight is 445 g/mol. The van der Waals surface area contributed by atoms with Crippen LogP contribution >= 0.6 is 11.6 Å². The van der Waals surface area contributed by atoms with E-state index in [1.54, 1.807) is 37.2 Å². The lowest BCUT2D eigenvalue weighted by molar-refractivity contribution is 0.0267. The number of amides is 2. The number of nitrogens with zero attached hydrogens (tertiary/aromatic N) is 2. The number of carbonyl (C=O) groups is 2. The van der Waals surface area contributed by atoms with Gasteiger partial charge in [0.15, 0.2) is 0 Å². The summed E-state index contributed by atoms with van der Waals surface area (Å²) >= 11 is 6.24. The second-order valence-electron chi connectivity index (χ2n) is 9.01. The topological polar surface area (TPSA) is 59.1 Å². The Morgan fingerprint density at radius 1 is 1.26 bits per heavy atom. The summed E-state index contributed by atoms with van der Waals surface area (Å²) in [6, 6.07) is 5.13. The first-order valence-corrected chi connectivity index (χ1v) is 10.8. The third-order valence-corrected chi connectivity index (χ3v) is 5.19. The summed E-state index contributed by atoms with van der Waals surface area (Å²) < 4.78 is 11.4. The number of halogens is 1. The van der Waals surface area contributed by atoms with Crippen LogP contribution in [0.15, 0.2) is 29.8 Å². The molecule has 2 aliphatic rings. The summed E-state index contributed by atoms with van der Waals surface area (Å²) in [5.41, 5.74) is 1.00. The lowest BCUT2D eigenvalue weighted by atomic mass is 10.1. The molecule has 2 atom stereocenters. The van der Waals surface area contributed by atoms with Crippen molar-refractivity contribution in [3.63, 3.8) is 0 Å². The van der Waals surface area contributed by atoms with E-state index in [0.717, 1.165) is 18.4 Å². The van der Waals surface area contributed by atoms with Crippen LogP contribution in [0, 0.1) is 17.8 Å². The van der Waals surface area contributed by atoms with E-state index in [9.17, 15) is 9.59 Å². The number of hydrogen-bond donors (Lipinski definition) is 0. The van der Waals surface area contributed by atoms with Gasteiger partial charge in [-0.3, -0.25) is 4.79 Å². The zero-order chi connectivity index (χ0) is 22.8. The molecule has 0 unspecified atom stereocenters. The van der Waals surface area contributed by atoms with Gasteiger partial charge < -0.3 is 19.3 Å². The molecule has 1 aliphatic heterocycles. The summed E-state index contributed by atoms with van der Waals surface area (Å²) in [6.45, 7) is 6.71. The van der Waals surface area contributed by atoms with Crippen LogP contribution in [0.25, 0.3) is 0 Å². The van der Waals surface area contributed by atoms with Gasteiger partial charge in [-0.2, -0.15) is 0 Å². The summed E-state index contributed by atoms with van der Waals surface area (Å²) in [4.78, 5) is 27.4. The van der Waals surface area contributed by atoms with Crippen molar-refractivity contribution in [1.82, 2.24) is 9.80 Å². The third-order valence-electron chi connectivity index (χ3n) is 4.88. The number of hydrogen-bond acceptors (Lipinski definition) is 4. The first-order valence-electron chi connectivity index (χ1n) is 10.4. The van der Waals surface area contributed by atoms with Crippen LogP contribution in [0.1, 0.15) is 44.0 Å². The molecule has 0 saturated heterocycles. The van der Waals surface area contributed by atoms with Crippen molar-refractivity contribution >= 4 is 23.6 Å². The van der Waals surface area contributed by atoms with Gasteiger partial charge >= 0.3 is 6.09 Å². The Balaban J connectivity index is 1.50. The quantitative estimate of drug-likeness (QED) is 0.649. The molecule has 1 fully saturated rings. The van der Waals surface area contributed by atoms with Crippen molar-refractivity contribution in [3.05, 3.63) is 40.4 Å². The second-order valence-corrected chi connectivity index (χ2v) is 9.42. The van der Waals surface area contributed by atoms with Crippen molar-refractivity contribution in [1.29, 1.82) is 0 Å². The minimum Gasteiger partial charge on any atom is -0.489 e. The van der Waals surface area contributed by atoms with Crippen molar-refractivity contribution in [2.75, 3.05) is 27.2 Å². The number of benzene rings is 1. The van der Waals surface area contributed by atoms with E-state index >= 15 is 0 Å². The maximum absolute atomic E-state index is 12.1. The molecule has 3 rings (SSSR count). The molecular formula is C24H29ClN2O4. The van der Waals surface area contributed by atoms with Gasteiger partial charge in [-0.1, -0.05) is 29.5 Å². The largest absolute Gasteiger partial charge is 0.489 e. The van der Waals surface area contributed by atoms with Crippen molar-refractivity contribution in [3.8, 4) is 17.6 Å². The molecule has 166 valence electrons. The summed E-state index contributed by atoms with van der Waals surface area (Å²) in [5, 5.41) is 0.376. The predicted molar refractivity (Wildman–Crippen MR) is 120 cm³/mol. The number of ether oxygens (including phenoxy) is 2. The van der Waals surface area contributed by atoms with Gasteiger partial charge in [-0.05, 0) is 45.4 Å². The highest BCUT2D eigenvalue weighted by atomic mass is 35.5. The fraction of sp³-hybridized carbons (Fsp3) is 0.500. The Morgan fingerprint density at radius 2 is 2.00 bits per heavy atom. The highest BCUT2D eigenvalue weighted by Gasteiger charge is 2.38. The molecule has 1 saturated carbocycles. The number of carbonyl (C=O) groups excluding carboxylic acids is 2. The van der Waals surface area contributed by atoms with Crippen LogP contribution in [0.4, 0.5) is 4.79 Å². The second kappa shape index (κ2) is 9.23. The standard InChI is InChI=1S/C24H29ClN2O4/c1-24(2,3)31-23(29)27-12-10-16(11-13-27)6-7-17-14-21(17)30-18-8-9-19(20(25)15-18)22(28)26(4)5/h8-10,15,17,21H,11-14H2,1-5H3/t17-,21-/m1/s1. The minimum atomic E-state index is -0.492. The molecule has 1 heterocycles. The molecule has 7 heteroatoms. The molecule has 0 radical (unpaired) electrons. The molecule has 0 spiro atoms. The Labute approximate surface area is 189 Å². The fourth-order valence-corrected chi connectivity index (χ4v) is 3.32. The maximum Gasteiger partial charge on any atom is 0.410 e. The van der Waals surface area contributed by atoms with E-state index in [1.165, 1.54) is 4.90 Å². The van der Waals surface area contributed by atoms with E-state index in [1.807, 2.05) is 26.8 Å². The molecule has 1 aliphatic carbocycles. The summed E-state index contributed by atoms with van der Waals surface area (Å²) in [7, 11) is 3.38. The van der Waals surface area contributed by atoms with E-state index < -0.39 is 5.60 Å². The van der Waals surface area contributed by atoms with E-state index in [-0.39, 0.29) is 24.0 Å². The van der Waals surface area contributed by atoms with Crippen molar-refractivity contribution < 1.29 is 19.1 Å². The number of rotatable bonds is 3. The normalized spacial score (nSPS) is 20.2. The van der Waals surface area contributed by atoms with E-state index in [2.05, 4.69) is 11.8 Å². The monoisotopic (exact) mass is 444 g/mol. The first kappa shape index (κ1) is 23.0. The fourth-order valence-electron chi connectivity index (χ4n) is 3.07. The zero-order valence-electron chi connectivity index (χ0n) is 18.7. The summed E-state index contributed by atoms with van der Waals surface area (Å²) in [6.07, 6.45) is 3.31. The van der Waals surface area contributed by atoms with Crippen LogP contribution in [-0.4, -0.2) is 60.7 Å². The average Bonchev–Trinajstić information content (AvgIpc) is 3.42. The van der Waals surface area contributed by atoms with Crippen LogP contribution in [0.2, 0.25) is 5.02 Å². The van der Waals surface area contributed by atoms with Gasteiger partial charge in [0.2, 0.25) is 0 Å². The van der Waals surface area contributed by atoms with E-state index in [4.69, 9.17) is 21.1 Å². The molecule has 0 N–H and O–H groups in total. The van der Waals surface area contributed by atoms with Gasteiger partial charge in [0.05, 0.1) is 16.5 Å². The SMILES string of the molecule is CN(C)C(=O)c1ccc(O[C@@H]2C[C@H]2C#CC2=CCN(C(=O)OC(C)(C)C)CC2)cc1Cl. The molecule has 0 aromatic heterocycles. The van der Waals surface area contributed by atoms with Gasteiger partial charge in [-0.15, -0.1) is 0 Å². The third kappa shape index (κ3) is 6.41. The molecule has 6 nitrogen and oxygen atoms in total. The lowest BCUT2D eigenvalue weighted by Gasteiger charge is -2.28. The highest BCUT2D eigenvalue weighted by Crippen LogP contribution is 2.35. The van der Waals surface area contributed by atoms with Crippen molar-refractivity contribution in [2.24, 2.45) is 5.92 Å². The van der Waals surface area contributed by atoms with Gasteiger partial charge in [0, 0.05) is 39.2 Å². The highest BCUT2D eigenvalue weighted by molar-refractivity contribution is 6.34. The van der Waals surface area contributed by atoms with Gasteiger partial charge in [0.1, 0.15) is 17.5 Å². The minimum absolute atomic E-state index is 0.0291. The Bertz CT molecular complexity index is 953. The van der Waals surface area contributed by atoms with Gasteiger partial charge in [-0.25, -0.2) is 4.79 Å². The molecule has 2 amide bonds. The molecule has 1 aromatic rings. The van der Waals surface area contributed by atoms with Crippen LogP contribution in [-0.2, 0) is 4.74 Å². The molecule has 1 aromatic carbocycles. The zero-order valence-corrected chi connectivity index (χ0v) is 19.5. The smallest absolute Gasteiger partial charge is 0.410 e. The Hall–Kier alpha value is -2.65. The van der Waals surface area contributed by atoms with Crippen molar-refractivity contribution in [2.45, 2.75) is 45.3 Å². The predicted octanol–water partition coefficient (Wildman–Crippen LogP) is 4.38. The van der Waals surface area contributed by atoms with Crippen LogP contribution in [0.3, 0.4) is 0 Å². The van der Waals surface area contributed by atoms with E-state index in [0.29, 0.717) is 29.4 Å². The Morgan fingerprint density at radius 3 is 2.58 bits per heavy atom. The Kier molecular flexibility index (Phi) is 6.86. The van der Waals surface area contributed by atoms with Crippen LogP contribution in [0.5, 0.6) is 5.75 Å². The molecular weight excluding hydrogens is 416 g/mol. The van der Waals surface area contributed by atoms with Gasteiger partial charge in [0.25, 0.3) is 5.91 Å². The maximum atomic E-state index is 12.1. The summed E-state index contributed by atoms with van der Waals surface area (Å²) in [5.74, 6) is 7.17. The van der Waals surface area contributed by atoms with Crippen LogP contribution < -0.4 is 4.74 Å². The molecule has 0 bridgehead atoms.